The van der Waals surface area contributed by atoms with Gasteiger partial charge in [-0.15, -0.1) is 0 Å². The molecule has 40 heavy (non-hydrogen) atoms. The Morgan fingerprint density at radius 1 is 0.900 bits per heavy atom. The van der Waals surface area contributed by atoms with Crippen LogP contribution < -0.4 is 5.32 Å². The smallest absolute Gasteiger partial charge is 0.228 e. The quantitative estimate of drug-likeness (QED) is 0.202. The molecule has 1 amide bonds. The minimum atomic E-state index is -0.426. The van der Waals surface area contributed by atoms with Crippen LogP contribution in [0.4, 0.5) is 0 Å². The van der Waals surface area contributed by atoms with Crippen molar-refractivity contribution in [2.75, 3.05) is 6.61 Å². The number of rotatable bonds is 10. The van der Waals surface area contributed by atoms with Gasteiger partial charge in [-0.25, -0.2) is 4.98 Å². The second-order valence-electron chi connectivity index (χ2n) is 11.3. The maximum absolute atomic E-state index is 13.6. The van der Waals surface area contributed by atoms with E-state index in [4.69, 9.17) is 4.98 Å². The summed E-state index contributed by atoms with van der Waals surface area (Å²) in [4.78, 5) is 18.5. The second-order valence-corrected chi connectivity index (χ2v) is 11.3. The van der Waals surface area contributed by atoms with Crippen molar-refractivity contribution in [1.29, 1.82) is 0 Å². The molecule has 2 atom stereocenters. The van der Waals surface area contributed by atoms with Crippen molar-refractivity contribution in [2.45, 2.75) is 58.9 Å². The number of aromatic nitrogens is 2. The number of aryl methyl sites for hydroxylation is 2. The molecule has 0 bridgehead atoms. The van der Waals surface area contributed by atoms with Gasteiger partial charge in [0, 0.05) is 28.8 Å². The highest BCUT2D eigenvalue weighted by Gasteiger charge is 2.24. The molecule has 2 N–H and O–H groups in total. The van der Waals surface area contributed by atoms with E-state index in [-0.39, 0.29) is 18.4 Å². The summed E-state index contributed by atoms with van der Waals surface area (Å²) in [6.07, 6.45) is 2.46. The van der Waals surface area contributed by atoms with Crippen molar-refractivity contribution in [1.82, 2.24) is 14.7 Å². The van der Waals surface area contributed by atoms with Gasteiger partial charge in [-0.1, -0.05) is 86.6 Å². The maximum atomic E-state index is 13.6. The first kappa shape index (κ1) is 27.6. The predicted octanol–water partition coefficient (Wildman–Crippen LogP) is 7.06. The van der Waals surface area contributed by atoms with Gasteiger partial charge in [0.2, 0.25) is 5.91 Å². The molecule has 3 aromatic carbocycles. The lowest BCUT2D eigenvalue weighted by Gasteiger charge is -2.23. The van der Waals surface area contributed by atoms with E-state index in [0.717, 1.165) is 41.7 Å². The average Bonchev–Trinajstić information content (AvgIpc) is 3.26. The number of aliphatic hydroxyl groups excluding tert-OH is 1. The van der Waals surface area contributed by atoms with Crippen LogP contribution in [-0.2, 0) is 11.2 Å². The Balaban J connectivity index is 1.43. The summed E-state index contributed by atoms with van der Waals surface area (Å²) >= 11 is 0. The average molecular weight is 534 g/mol. The Kier molecular flexibility index (Phi) is 8.32. The fourth-order valence-corrected chi connectivity index (χ4v) is 5.72. The van der Waals surface area contributed by atoms with Crippen LogP contribution >= 0.6 is 0 Å². The first-order valence-corrected chi connectivity index (χ1v) is 14.3. The number of carbonyl (C=O) groups excluding carboxylic acids is 1. The third kappa shape index (κ3) is 5.80. The molecule has 0 fully saturated rings. The molecule has 2 heterocycles. The van der Waals surface area contributed by atoms with Gasteiger partial charge in [-0.3, -0.25) is 9.20 Å². The van der Waals surface area contributed by atoms with Gasteiger partial charge in [0.15, 0.2) is 0 Å². The van der Waals surface area contributed by atoms with Crippen LogP contribution in [0.1, 0.15) is 72.3 Å². The Labute approximate surface area is 236 Å². The van der Waals surface area contributed by atoms with Gasteiger partial charge in [0.1, 0.15) is 5.65 Å². The number of hydrogen-bond donors (Lipinski definition) is 2. The Morgan fingerprint density at radius 3 is 2.30 bits per heavy atom. The fourth-order valence-electron chi connectivity index (χ4n) is 5.72. The third-order valence-corrected chi connectivity index (χ3v) is 7.82. The topological polar surface area (TPSA) is 66.6 Å². The third-order valence-electron chi connectivity index (χ3n) is 7.82. The molecular formula is C35H39N3O2. The normalized spacial score (nSPS) is 13.2. The van der Waals surface area contributed by atoms with E-state index in [2.05, 4.69) is 85.1 Å². The Morgan fingerprint density at radius 2 is 1.60 bits per heavy atom. The van der Waals surface area contributed by atoms with Crippen molar-refractivity contribution >= 4 is 22.5 Å². The first-order chi connectivity index (χ1) is 19.4. The molecule has 5 nitrogen and oxygen atoms in total. The number of hydrogen-bond acceptors (Lipinski definition) is 3. The monoisotopic (exact) mass is 533 g/mol. The number of nitrogens with zero attached hydrogens (tertiary/aromatic N) is 2. The van der Waals surface area contributed by atoms with E-state index in [1.54, 1.807) is 0 Å². The summed E-state index contributed by atoms with van der Waals surface area (Å²) in [5.41, 5.74) is 8.69. The Hall–Kier alpha value is -3.96. The van der Waals surface area contributed by atoms with Crippen molar-refractivity contribution < 1.29 is 9.90 Å². The Bertz CT molecular complexity index is 1600. The number of nitrogens with one attached hydrogen (secondary N) is 1. The van der Waals surface area contributed by atoms with Crippen LogP contribution in [0.25, 0.3) is 16.6 Å². The zero-order valence-corrected chi connectivity index (χ0v) is 23.9. The van der Waals surface area contributed by atoms with E-state index < -0.39 is 6.04 Å². The van der Waals surface area contributed by atoms with Gasteiger partial charge in [0.05, 0.1) is 24.1 Å². The lowest BCUT2D eigenvalue weighted by Crippen LogP contribution is -2.35. The lowest BCUT2D eigenvalue weighted by molar-refractivity contribution is -0.123. The maximum Gasteiger partial charge on any atom is 0.228 e. The molecule has 2 aromatic heterocycles. The van der Waals surface area contributed by atoms with Gasteiger partial charge in [-0.05, 0) is 61.4 Å². The van der Waals surface area contributed by atoms with Gasteiger partial charge >= 0.3 is 0 Å². The molecular weight excluding hydrogens is 494 g/mol. The highest BCUT2D eigenvalue weighted by Crippen LogP contribution is 2.31. The SMILES string of the molecule is Cc1cc(C)n2c(n1)c(Cc1ccc(C(CCC(C)C)C(=O)N[C@@H](CO)c3ccccc3)cc1)c1ccccc12. The molecule has 0 aliphatic rings. The molecule has 5 rings (SSSR count). The number of aliphatic hydroxyl groups is 1. The van der Waals surface area contributed by atoms with E-state index >= 15 is 0 Å². The van der Waals surface area contributed by atoms with E-state index in [0.29, 0.717) is 5.92 Å². The van der Waals surface area contributed by atoms with Gasteiger partial charge in [-0.2, -0.15) is 0 Å². The molecule has 5 heteroatoms. The van der Waals surface area contributed by atoms with Crippen LogP contribution in [-0.4, -0.2) is 27.0 Å². The number of para-hydroxylation sites is 1. The predicted molar refractivity (Wildman–Crippen MR) is 163 cm³/mol. The standard InChI is InChI=1S/C35H39N3O2/c1-23(2)14-19-29(35(40)37-32(22-39)28-10-6-5-7-11-28)27-17-15-26(16-18-27)21-31-30-12-8-9-13-33(30)38-25(4)20-24(3)36-34(31)38/h5-13,15-18,20,23,29,32,39H,14,19,21-22H2,1-4H3,(H,37,40)/t29?,32-/m0/s1. The van der Waals surface area contributed by atoms with E-state index in [9.17, 15) is 9.90 Å². The lowest BCUT2D eigenvalue weighted by atomic mass is 9.89. The summed E-state index contributed by atoms with van der Waals surface area (Å²) in [5.74, 6) is 0.168. The van der Waals surface area contributed by atoms with E-state index in [1.165, 1.54) is 27.7 Å². The van der Waals surface area contributed by atoms with Gasteiger partial charge in [0.25, 0.3) is 0 Å². The molecule has 0 aliphatic heterocycles. The van der Waals surface area contributed by atoms with Crippen molar-refractivity contribution in [3.63, 3.8) is 0 Å². The molecule has 0 aliphatic carbocycles. The molecule has 0 radical (unpaired) electrons. The number of amides is 1. The van der Waals surface area contributed by atoms with Gasteiger partial charge < -0.3 is 10.4 Å². The second kappa shape index (κ2) is 12.1. The summed E-state index contributed by atoms with van der Waals surface area (Å²) in [6.45, 7) is 8.40. The molecule has 0 saturated heterocycles. The van der Waals surface area contributed by atoms with Crippen molar-refractivity contribution in [3.8, 4) is 0 Å². The minimum absolute atomic E-state index is 0.0455. The summed E-state index contributed by atoms with van der Waals surface area (Å²) < 4.78 is 2.25. The zero-order valence-electron chi connectivity index (χ0n) is 23.9. The van der Waals surface area contributed by atoms with Crippen LogP contribution in [0.2, 0.25) is 0 Å². The highest BCUT2D eigenvalue weighted by molar-refractivity contribution is 5.91. The largest absolute Gasteiger partial charge is 0.394 e. The summed E-state index contributed by atoms with van der Waals surface area (Å²) in [6, 6.07) is 28.3. The molecule has 0 saturated carbocycles. The zero-order chi connectivity index (χ0) is 28.2. The van der Waals surface area contributed by atoms with E-state index in [1.807, 2.05) is 37.3 Å². The van der Waals surface area contributed by atoms with Crippen LogP contribution in [0.3, 0.4) is 0 Å². The number of carbonyl (C=O) groups is 1. The summed E-state index contributed by atoms with van der Waals surface area (Å²) in [5, 5.41) is 14.3. The number of benzene rings is 3. The van der Waals surface area contributed by atoms with Crippen LogP contribution in [0.15, 0.2) is 84.9 Å². The molecule has 0 spiro atoms. The van der Waals surface area contributed by atoms with Crippen LogP contribution in [0, 0.1) is 19.8 Å². The fraction of sp³-hybridized carbons (Fsp3) is 0.314. The highest BCUT2D eigenvalue weighted by atomic mass is 16.3. The molecule has 206 valence electrons. The molecule has 1 unspecified atom stereocenters. The number of fused-ring (bicyclic) bond motifs is 3. The van der Waals surface area contributed by atoms with Crippen LogP contribution in [0.5, 0.6) is 0 Å². The first-order valence-electron chi connectivity index (χ1n) is 14.3. The minimum Gasteiger partial charge on any atom is -0.394 e. The molecule has 5 aromatic rings. The summed E-state index contributed by atoms with van der Waals surface area (Å²) in [7, 11) is 0. The van der Waals surface area contributed by atoms with Crippen molar-refractivity contribution in [2.24, 2.45) is 5.92 Å². The van der Waals surface area contributed by atoms with Crippen molar-refractivity contribution in [3.05, 3.63) is 119 Å².